The number of hydrogen-bond acceptors (Lipinski definition) is 2. The molecule has 2 aromatic heterocycles. The summed E-state index contributed by atoms with van der Waals surface area (Å²) in [6.07, 6.45) is -3.24. The maximum atomic E-state index is 12.7. The minimum atomic E-state index is -4.59. The Morgan fingerprint density at radius 1 is 1.36 bits per heavy atom. The maximum absolute atomic E-state index is 12.7. The van der Waals surface area contributed by atoms with Gasteiger partial charge in [0.05, 0.1) is 19.5 Å². The number of halogens is 8. The van der Waals surface area contributed by atoms with Gasteiger partial charge in [0.25, 0.3) is 6.08 Å². The lowest BCUT2D eigenvalue weighted by Crippen LogP contribution is -2.08. The second-order valence-corrected chi connectivity index (χ2v) is 9.69. The molecule has 1 unspecified atom stereocenters. The van der Waals surface area contributed by atoms with Crippen molar-refractivity contribution in [1.82, 2.24) is 14.8 Å². The van der Waals surface area contributed by atoms with Gasteiger partial charge in [-0.3, -0.25) is 0 Å². The molecule has 1 aliphatic carbocycles. The van der Waals surface area contributed by atoms with Crippen molar-refractivity contribution in [3.05, 3.63) is 46.4 Å². The van der Waals surface area contributed by atoms with Gasteiger partial charge in [-0.05, 0) is 12.5 Å². The van der Waals surface area contributed by atoms with E-state index < -0.39 is 21.1 Å². The molecule has 0 saturated heterocycles. The molecule has 1 aliphatic rings. The number of hydrogen-bond donors (Lipinski definition) is 0. The molecular weight excluding hydrogens is 500 g/mol. The molecule has 0 aromatic carbocycles. The summed E-state index contributed by atoms with van der Waals surface area (Å²) in [5.41, 5.74) is -0.506. The van der Waals surface area contributed by atoms with Crippen LogP contribution in [0.3, 0.4) is 0 Å². The van der Waals surface area contributed by atoms with Crippen molar-refractivity contribution >= 4 is 49.5 Å². The Bertz CT molecular complexity index is 859. The third kappa shape index (κ3) is 3.90. The van der Waals surface area contributed by atoms with Crippen molar-refractivity contribution in [2.24, 2.45) is 0 Å². The molecule has 25 heavy (non-hydrogen) atoms. The highest BCUT2D eigenvalue weighted by Crippen LogP contribution is 2.62. The first-order chi connectivity index (χ1) is 11.5. The van der Waals surface area contributed by atoms with Gasteiger partial charge in [0.15, 0.2) is 5.82 Å². The van der Waals surface area contributed by atoms with Crippen LogP contribution >= 0.6 is 43.5 Å². The zero-order chi connectivity index (χ0) is 18.6. The molecule has 134 valence electrons. The second kappa shape index (κ2) is 6.31. The second-order valence-electron chi connectivity index (χ2n) is 5.39. The van der Waals surface area contributed by atoms with Crippen LogP contribution in [0.1, 0.15) is 29.2 Å². The molecule has 0 radical (unpaired) electrons. The average Bonchev–Trinajstić information content (AvgIpc) is 2.90. The third-order valence-corrected chi connectivity index (χ3v) is 5.62. The third-order valence-electron chi connectivity index (χ3n) is 3.59. The standard InChI is InChI=1S/C14H7Br2ClF5N3/c15-13(16)3-8(13)7-5-25(24-10(7)2-11(18)19)12-9(17)1-6(4-23-12)14(20,21)22/h1-2,4-5,8H,3H2. The van der Waals surface area contributed by atoms with Gasteiger partial charge in [-0.2, -0.15) is 27.1 Å². The molecule has 2 aromatic rings. The van der Waals surface area contributed by atoms with E-state index in [9.17, 15) is 22.0 Å². The van der Waals surface area contributed by atoms with Gasteiger partial charge in [0.2, 0.25) is 0 Å². The topological polar surface area (TPSA) is 30.7 Å². The predicted molar refractivity (Wildman–Crippen MR) is 89.5 cm³/mol. The van der Waals surface area contributed by atoms with Crippen molar-refractivity contribution in [3.8, 4) is 5.82 Å². The number of rotatable bonds is 3. The summed E-state index contributed by atoms with van der Waals surface area (Å²) in [6.45, 7) is 0. The smallest absolute Gasteiger partial charge is 0.235 e. The Balaban J connectivity index is 2.05. The van der Waals surface area contributed by atoms with Gasteiger partial charge in [0.1, 0.15) is 0 Å². The fraction of sp³-hybridized carbons (Fsp3) is 0.286. The van der Waals surface area contributed by atoms with E-state index in [0.29, 0.717) is 30.3 Å². The van der Waals surface area contributed by atoms with E-state index in [1.807, 2.05) is 0 Å². The molecule has 11 heteroatoms. The molecule has 0 aliphatic heterocycles. The van der Waals surface area contributed by atoms with Crippen LogP contribution in [0.25, 0.3) is 11.9 Å². The monoisotopic (exact) mass is 505 g/mol. The van der Waals surface area contributed by atoms with Crippen molar-refractivity contribution in [2.45, 2.75) is 21.7 Å². The van der Waals surface area contributed by atoms with Gasteiger partial charge in [-0.25, -0.2) is 9.67 Å². The highest BCUT2D eigenvalue weighted by Gasteiger charge is 2.52. The van der Waals surface area contributed by atoms with E-state index in [0.717, 1.165) is 4.68 Å². The van der Waals surface area contributed by atoms with Crippen LogP contribution in [-0.2, 0) is 6.18 Å². The lowest BCUT2D eigenvalue weighted by Gasteiger charge is -2.08. The average molecular weight is 507 g/mol. The fourth-order valence-corrected chi connectivity index (χ4v) is 3.69. The van der Waals surface area contributed by atoms with Crippen LogP contribution in [-0.4, -0.2) is 18.0 Å². The van der Waals surface area contributed by atoms with Crippen molar-refractivity contribution in [2.75, 3.05) is 0 Å². The van der Waals surface area contributed by atoms with E-state index in [2.05, 4.69) is 41.9 Å². The predicted octanol–water partition coefficient (Wildman–Crippen LogP) is 6.15. The molecule has 1 saturated carbocycles. The zero-order valence-corrected chi connectivity index (χ0v) is 15.9. The summed E-state index contributed by atoms with van der Waals surface area (Å²) in [7, 11) is 0. The van der Waals surface area contributed by atoms with Crippen LogP contribution < -0.4 is 0 Å². The van der Waals surface area contributed by atoms with Gasteiger partial charge in [-0.1, -0.05) is 43.5 Å². The molecule has 0 bridgehead atoms. The molecule has 0 spiro atoms. The zero-order valence-electron chi connectivity index (χ0n) is 12.0. The Hall–Kier alpha value is -1.00. The molecule has 3 rings (SSSR count). The summed E-state index contributed by atoms with van der Waals surface area (Å²) in [6, 6.07) is 0.715. The van der Waals surface area contributed by atoms with Gasteiger partial charge in [0, 0.05) is 30.0 Å². The van der Waals surface area contributed by atoms with E-state index in [1.165, 1.54) is 6.20 Å². The fourth-order valence-electron chi connectivity index (χ4n) is 2.30. The van der Waals surface area contributed by atoms with Crippen LogP contribution in [0.5, 0.6) is 0 Å². The highest BCUT2D eigenvalue weighted by molar-refractivity contribution is 9.25. The lowest BCUT2D eigenvalue weighted by molar-refractivity contribution is -0.137. The van der Waals surface area contributed by atoms with Crippen LogP contribution in [0.4, 0.5) is 22.0 Å². The normalized spacial score (nSPS) is 19.0. The number of alkyl halides is 5. The van der Waals surface area contributed by atoms with Crippen molar-refractivity contribution in [1.29, 1.82) is 0 Å². The largest absolute Gasteiger partial charge is 0.417 e. The first-order valence-corrected chi connectivity index (χ1v) is 8.68. The Morgan fingerprint density at radius 3 is 2.48 bits per heavy atom. The van der Waals surface area contributed by atoms with Crippen LogP contribution in [0, 0.1) is 0 Å². The lowest BCUT2D eigenvalue weighted by atomic mass is 10.1. The quantitative estimate of drug-likeness (QED) is 0.369. The highest BCUT2D eigenvalue weighted by atomic mass is 79.9. The minimum absolute atomic E-state index is 0.00328. The SMILES string of the molecule is FC(F)=Cc1nn(-c2ncc(C(F)(F)F)cc2Cl)cc1C1CC1(Br)Br. The Morgan fingerprint density at radius 2 is 2.00 bits per heavy atom. The summed E-state index contributed by atoms with van der Waals surface area (Å²) in [5, 5.41) is 3.70. The van der Waals surface area contributed by atoms with Crippen LogP contribution in [0.2, 0.25) is 5.02 Å². The van der Waals surface area contributed by atoms with Crippen molar-refractivity contribution < 1.29 is 22.0 Å². The molecule has 1 fully saturated rings. The summed E-state index contributed by atoms with van der Waals surface area (Å²) in [4.78, 5) is 3.68. The van der Waals surface area contributed by atoms with Gasteiger partial charge >= 0.3 is 6.18 Å². The summed E-state index contributed by atoms with van der Waals surface area (Å²) < 4.78 is 64.1. The van der Waals surface area contributed by atoms with Crippen molar-refractivity contribution in [3.63, 3.8) is 0 Å². The maximum Gasteiger partial charge on any atom is 0.417 e. The van der Waals surface area contributed by atoms with Gasteiger partial charge in [-0.15, -0.1) is 0 Å². The minimum Gasteiger partial charge on any atom is -0.235 e. The Labute approximate surface area is 160 Å². The van der Waals surface area contributed by atoms with E-state index >= 15 is 0 Å². The van der Waals surface area contributed by atoms with E-state index in [4.69, 9.17) is 11.6 Å². The summed E-state index contributed by atoms with van der Waals surface area (Å²) >= 11 is 12.7. The number of aromatic nitrogens is 3. The molecular formula is C14H7Br2ClF5N3. The molecule has 1 atom stereocenters. The van der Waals surface area contributed by atoms with E-state index in [-0.39, 0.29) is 22.5 Å². The van der Waals surface area contributed by atoms with Crippen LogP contribution in [0.15, 0.2) is 24.5 Å². The first kappa shape index (κ1) is 18.8. The Kier molecular flexibility index (Phi) is 4.74. The number of nitrogens with zero attached hydrogens (tertiary/aromatic N) is 3. The first-order valence-electron chi connectivity index (χ1n) is 6.72. The molecule has 0 N–H and O–H groups in total. The molecule has 2 heterocycles. The number of pyridine rings is 1. The summed E-state index contributed by atoms with van der Waals surface area (Å²) in [5.74, 6) is -0.203. The molecule has 0 amide bonds. The van der Waals surface area contributed by atoms with E-state index in [1.54, 1.807) is 0 Å². The molecule has 3 nitrogen and oxygen atoms in total. The van der Waals surface area contributed by atoms with Gasteiger partial charge < -0.3 is 0 Å².